The lowest BCUT2D eigenvalue weighted by Gasteiger charge is -2.23. The van der Waals surface area contributed by atoms with Gasteiger partial charge < -0.3 is 5.32 Å². The average molecular weight is 314 g/mol. The Kier molecular flexibility index (Phi) is 5.00. The summed E-state index contributed by atoms with van der Waals surface area (Å²) in [7, 11) is 0. The molecule has 2 unspecified atom stereocenters. The van der Waals surface area contributed by atoms with E-state index in [0.29, 0.717) is 0 Å². The van der Waals surface area contributed by atoms with Crippen molar-refractivity contribution < 1.29 is 13.2 Å². The zero-order chi connectivity index (χ0) is 15.5. The Morgan fingerprint density at radius 3 is 2.57 bits per heavy atom. The fraction of sp³-hybridized carbons (Fsp3) is 0.400. The molecule has 0 spiro atoms. The van der Waals surface area contributed by atoms with E-state index in [9.17, 15) is 13.2 Å². The maximum Gasteiger partial charge on any atom is 0.416 e. The van der Waals surface area contributed by atoms with Crippen molar-refractivity contribution in [2.75, 3.05) is 0 Å². The molecule has 114 valence electrons. The van der Waals surface area contributed by atoms with Crippen molar-refractivity contribution in [2.24, 2.45) is 0 Å². The molecule has 0 amide bonds. The number of benzene rings is 1. The van der Waals surface area contributed by atoms with Crippen LogP contribution in [0.2, 0.25) is 0 Å². The van der Waals surface area contributed by atoms with Gasteiger partial charge in [0.25, 0.3) is 0 Å². The number of rotatable bonds is 5. The molecule has 1 heterocycles. The molecular formula is C15H17F3N2S. The molecule has 0 aliphatic heterocycles. The third-order valence-corrected chi connectivity index (χ3v) is 4.23. The van der Waals surface area contributed by atoms with Crippen molar-refractivity contribution in [3.05, 3.63) is 52.0 Å². The van der Waals surface area contributed by atoms with Gasteiger partial charge >= 0.3 is 6.18 Å². The summed E-state index contributed by atoms with van der Waals surface area (Å²) in [6.07, 6.45) is -1.86. The molecular weight excluding hydrogens is 297 g/mol. The van der Waals surface area contributed by atoms with Crippen LogP contribution in [0.4, 0.5) is 13.2 Å². The average Bonchev–Trinajstić information content (AvgIpc) is 2.97. The lowest BCUT2D eigenvalue weighted by atomic mass is 10.00. The van der Waals surface area contributed by atoms with Gasteiger partial charge in [0.2, 0.25) is 0 Å². The van der Waals surface area contributed by atoms with Gasteiger partial charge in [0.1, 0.15) is 5.01 Å². The third-order valence-electron chi connectivity index (χ3n) is 3.34. The van der Waals surface area contributed by atoms with Crippen molar-refractivity contribution >= 4 is 11.3 Å². The molecule has 6 heteroatoms. The Bertz CT molecular complexity index is 567. The summed E-state index contributed by atoms with van der Waals surface area (Å²) < 4.78 is 39.2. The second kappa shape index (κ2) is 6.58. The predicted octanol–water partition coefficient (Wildman–Crippen LogP) is 4.96. The minimum atomic E-state index is -4.34. The number of alkyl halides is 3. The maximum absolute atomic E-state index is 13.1. The van der Waals surface area contributed by atoms with Crippen LogP contribution in [-0.2, 0) is 6.18 Å². The van der Waals surface area contributed by atoms with E-state index in [2.05, 4.69) is 10.3 Å². The lowest BCUT2D eigenvalue weighted by Crippen LogP contribution is -2.26. The molecule has 0 aliphatic rings. The van der Waals surface area contributed by atoms with Crippen molar-refractivity contribution in [1.82, 2.24) is 10.3 Å². The molecule has 2 aromatic rings. The quantitative estimate of drug-likeness (QED) is 0.843. The minimum Gasteiger partial charge on any atom is -0.301 e. The van der Waals surface area contributed by atoms with E-state index >= 15 is 0 Å². The van der Waals surface area contributed by atoms with Gasteiger partial charge in [0.15, 0.2) is 0 Å². The number of hydrogen-bond acceptors (Lipinski definition) is 3. The van der Waals surface area contributed by atoms with Crippen molar-refractivity contribution in [2.45, 2.75) is 38.5 Å². The van der Waals surface area contributed by atoms with Gasteiger partial charge in [-0.15, -0.1) is 11.3 Å². The van der Waals surface area contributed by atoms with Gasteiger partial charge in [0, 0.05) is 17.6 Å². The highest BCUT2D eigenvalue weighted by Crippen LogP contribution is 2.35. The summed E-state index contributed by atoms with van der Waals surface area (Å²) in [6.45, 7) is 3.74. The third kappa shape index (κ3) is 3.83. The second-order valence-electron chi connectivity index (χ2n) is 4.80. The predicted molar refractivity (Wildman–Crippen MR) is 78.1 cm³/mol. The molecule has 2 nitrogen and oxygen atoms in total. The maximum atomic E-state index is 13.1. The molecule has 1 aromatic heterocycles. The number of nitrogens with one attached hydrogen (secondary N) is 1. The van der Waals surface area contributed by atoms with E-state index in [1.807, 2.05) is 12.3 Å². The summed E-state index contributed by atoms with van der Waals surface area (Å²) >= 11 is 1.51. The highest BCUT2D eigenvalue weighted by Gasteiger charge is 2.34. The summed E-state index contributed by atoms with van der Waals surface area (Å²) in [5, 5.41) is 6.01. The monoisotopic (exact) mass is 314 g/mol. The van der Waals surface area contributed by atoms with Crippen LogP contribution in [0.5, 0.6) is 0 Å². The summed E-state index contributed by atoms with van der Waals surface area (Å²) in [5.41, 5.74) is -0.320. The van der Waals surface area contributed by atoms with Crippen LogP contribution in [0.3, 0.4) is 0 Å². The molecule has 0 saturated heterocycles. The first-order valence-corrected chi connectivity index (χ1v) is 7.63. The van der Waals surface area contributed by atoms with Gasteiger partial charge in [0.05, 0.1) is 11.6 Å². The summed E-state index contributed by atoms with van der Waals surface area (Å²) in [4.78, 5) is 4.24. The first-order chi connectivity index (χ1) is 9.93. The van der Waals surface area contributed by atoms with Crippen LogP contribution >= 0.6 is 11.3 Å². The molecule has 0 saturated carbocycles. The van der Waals surface area contributed by atoms with Crippen LogP contribution in [-0.4, -0.2) is 4.98 Å². The molecule has 0 aliphatic carbocycles. The van der Waals surface area contributed by atoms with Crippen LogP contribution in [0.1, 0.15) is 48.5 Å². The molecule has 21 heavy (non-hydrogen) atoms. The second-order valence-corrected chi connectivity index (χ2v) is 5.73. The molecule has 1 N–H and O–H groups in total. The van der Waals surface area contributed by atoms with Gasteiger partial charge in [-0.1, -0.05) is 25.1 Å². The Morgan fingerprint density at radius 1 is 1.29 bits per heavy atom. The minimum absolute atomic E-state index is 0.0405. The van der Waals surface area contributed by atoms with E-state index in [4.69, 9.17) is 0 Å². The fourth-order valence-electron chi connectivity index (χ4n) is 2.29. The number of hydrogen-bond donors (Lipinski definition) is 1. The molecule has 0 fully saturated rings. The Labute approximate surface area is 126 Å². The first-order valence-electron chi connectivity index (χ1n) is 6.75. The SMILES string of the molecule is CCC(NC(C)c1ccccc1C(F)(F)F)c1nccs1. The smallest absolute Gasteiger partial charge is 0.301 e. The largest absolute Gasteiger partial charge is 0.416 e. The number of nitrogens with zero attached hydrogens (tertiary/aromatic N) is 1. The summed E-state index contributed by atoms with van der Waals surface area (Å²) in [6, 6.07) is 5.25. The lowest BCUT2D eigenvalue weighted by molar-refractivity contribution is -0.138. The fourth-order valence-corrected chi connectivity index (χ4v) is 3.08. The topological polar surface area (TPSA) is 24.9 Å². The van der Waals surface area contributed by atoms with Crippen LogP contribution in [0.15, 0.2) is 35.8 Å². The number of thiazole rings is 1. The molecule has 1 aromatic carbocycles. The normalized spacial score (nSPS) is 14.9. The zero-order valence-electron chi connectivity index (χ0n) is 11.8. The molecule has 2 rings (SSSR count). The standard InChI is InChI=1S/C15H17F3N2S/c1-3-13(14-19-8-9-21-14)20-10(2)11-6-4-5-7-12(11)15(16,17)18/h4-10,13,20H,3H2,1-2H3. The Balaban J connectivity index is 2.22. The van der Waals surface area contributed by atoms with E-state index in [-0.39, 0.29) is 11.6 Å². The van der Waals surface area contributed by atoms with Crippen LogP contribution in [0, 0.1) is 0 Å². The van der Waals surface area contributed by atoms with Gasteiger partial charge in [-0.2, -0.15) is 13.2 Å². The summed E-state index contributed by atoms with van der Waals surface area (Å²) in [5.74, 6) is 0. The van der Waals surface area contributed by atoms with Crippen molar-refractivity contribution in [1.29, 1.82) is 0 Å². The highest BCUT2D eigenvalue weighted by molar-refractivity contribution is 7.09. The van der Waals surface area contributed by atoms with E-state index < -0.39 is 17.8 Å². The number of halogens is 3. The van der Waals surface area contributed by atoms with Gasteiger partial charge in [-0.05, 0) is 25.0 Å². The molecule has 2 atom stereocenters. The van der Waals surface area contributed by atoms with Crippen molar-refractivity contribution in [3.63, 3.8) is 0 Å². The van der Waals surface area contributed by atoms with Crippen LogP contribution < -0.4 is 5.32 Å². The number of aromatic nitrogens is 1. The Hall–Kier alpha value is -1.40. The van der Waals surface area contributed by atoms with Gasteiger partial charge in [-0.25, -0.2) is 4.98 Å². The van der Waals surface area contributed by atoms with Gasteiger partial charge in [-0.3, -0.25) is 0 Å². The van der Waals surface area contributed by atoms with E-state index in [0.717, 1.165) is 17.5 Å². The molecule has 0 radical (unpaired) electrons. The van der Waals surface area contributed by atoms with E-state index in [1.54, 1.807) is 19.2 Å². The van der Waals surface area contributed by atoms with Crippen LogP contribution in [0.25, 0.3) is 0 Å². The molecule has 0 bridgehead atoms. The van der Waals surface area contributed by atoms with E-state index in [1.165, 1.54) is 23.5 Å². The van der Waals surface area contributed by atoms with Crippen molar-refractivity contribution in [3.8, 4) is 0 Å². The zero-order valence-corrected chi connectivity index (χ0v) is 12.6. The first kappa shape index (κ1) is 16.0. The highest BCUT2D eigenvalue weighted by atomic mass is 32.1. The Morgan fingerprint density at radius 2 is 2.00 bits per heavy atom.